The van der Waals surface area contributed by atoms with Gasteiger partial charge in [0.05, 0.1) is 17.7 Å². The van der Waals surface area contributed by atoms with Crippen molar-refractivity contribution < 1.29 is 26.3 Å². The number of hydrogen-bond donors (Lipinski definition) is 0. The summed E-state index contributed by atoms with van der Waals surface area (Å²) >= 11 is 0. The van der Waals surface area contributed by atoms with Crippen LogP contribution in [-0.4, -0.2) is 36.5 Å². The molecule has 0 bridgehead atoms. The molecular weight excluding hydrogens is 407 g/mol. The quantitative estimate of drug-likeness (QED) is 0.623. The van der Waals surface area contributed by atoms with Crippen LogP contribution in [0.1, 0.15) is 17.2 Å². The predicted molar refractivity (Wildman–Crippen MR) is 101 cm³/mol. The predicted octanol–water partition coefficient (Wildman–Crippen LogP) is 3.87. The first-order valence-corrected chi connectivity index (χ1v) is 10.1. The van der Waals surface area contributed by atoms with E-state index >= 15 is 0 Å². The lowest BCUT2D eigenvalue weighted by molar-refractivity contribution is -0.144. The molecule has 3 aromatic rings. The van der Waals surface area contributed by atoms with E-state index in [0.29, 0.717) is 5.75 Å². The number of rotatable bonds is 5. The van der Waals surface area contributed by atoms with Crippen LogP contribution in [0.2, 0.25) is 0 Å². The highest BCUT2D eigenvalue weighted by molar-refractivity contribution is 7.90. The summed E-state index contributed by atoms with van der Waals surface area (Å²) in [6.45, 7) is 0. The summed E-state index contributed by atoms with van der Waals surface area (Å²) in [5, 5.41) is 3.54. The summed E-state index contributed by atoms with van der Waals surface area (Å²) in [5.74, 6) is -0.699. The minimum Gasteiger partial charge on any atom is -0.497 e. The third-order valence-corrected chi connectivity index (χ3v) is 5.06. The highest BCUT2D eigenvalue weighted by atomic mass is 32.2. The summed E-state index contributed by atoms with van der Waals surface area (Å²) in [6.07, 6.45) is -0.692. The number of alkyl halides is 3. The van der Waals surface area contributed by atoms with Crippen LogP contribution < -0.4 is 4.74 Å². The summed E-state index contributed by atoms with van der Waals surface area (Å²) in [4.78, 5) is 3.62. The van der Waals surface area contributed by atoms with Gasteiger partial charge < -0.3 is 4.74 Å². The minimum absolute atomic E-state index is 0.0488. The normalized spacial score (nSPS) is 12.4. The Kier molecular flexibility index (Phi) is 5.47. The first kappa shape index (κ1) is 20.6. The number of nitrogens with zero attached hydrogens (tertiary/aromatic N) is 3. The molecule has 6 nitrogen and oxygen atoms in total. The molecule has 1 aromatic heterocycles. The van der Waals surface area contributed by atoms with Crippen LogP contribution in [0, 0.1) is 0 Å². The van der Waals surface area contributed by atoms with Crippen LogP contribution >= 0.6 is 0 Å². The van der Waals surface area contributed by atoms with E-state index in [-0.39, 0.29) is 16.4 Å². The van der Waals surface area contributed by atoms with Crippen molar-refractivity contribution in [3.8, 4) is 11.4 Å². The second kappa shape index (κ2) is 7.70. The molecule has 0 N–H and O–H groups in total. The molecule has 0 aliphatic carbocycles. The van der Waals surface area contributed by atoms with Gasteiger partial charge in [-0.3, -0.25) is 0 Å². The fraction of sp³-hybridized carbons (Fsp3) is 0.158. The number of aromatic nitrogens is 3. The van der Waals surface area contributed by atoms with Crippen LogP contribution in [-0.2, 0) is 16.0 Å². The third kappa shape index (κ3) is 4.83. The SMILES string of the molecule is COc1ccc(/C=C/c2nc(C(F)(F)F)nn2-c2ccc(S(C)(=O)=O)cc2)cc1. The van der Waals surface area contributed by atoms with Crippen LogP contribution in [0.3, 0.4) is 0 Å². The van der Waals surface area contributed by atoms with E-state index in [1.54, 1.807) is 30.3 Å². The van der Waals surface area contributed by atoms with Crippen molar-refractivity contribution >= 4 is 22.0 Å². The summed E-state index contributed by atoms with van der Waals surface area (Å²) in [7, 11) is -1.90. The number of methoxy groups -OCH3 is 1. The van der Waals surface area contributed by atoms with Gasteiger partial charge in [0.25, 0.3) is 5.82 Å². The molecule has 10 heteroatoms. The number of benzene rings is 2. The number of hydrogen-bond acceptors (Lipinski definition) is 5. The standard InChI is InChI=1S/C19H16F3N3O3S/c1-28-15-8-3-13(4-9-15)5-12-17-23-18(19(20,21)22)24-25(17)14-6-10-16(11-7-14)29(2,26)27/h3-12H,1-2H3/b12-5+. The Bertz CT molecular complexity index is 1130. The fourth-order valence-electron chi connectivity index (χ4n) is 2.46. The van der Waals surface area contributed by atoms with Gasteiger partial charge in [0.2, 0.25) is 0 Å². The van der Waals surface area contributed by atoms with Gasteiger partial charge in [-0.2, -0.15) is 13.2 Å². The molecule has 2 aromatic carbocycles. The molecule has 0 spiro atoms. The van der Waals surface area contributed by atoms with Crippen molar-refractivity contribution in [1.82, 2.24) is 14.8 Å². The van der Waals surface area contributed by atoms with Crippen LogP contribution in [0.5, 0.6) is 5.75 Å². The van der Waals surface area contributed by atoms with Crippen molar-refractivity contribution in [1.29, 1.82) is 0 Å². The Morgan fingerprint density at radius 2 is 1.62 bits per heavy atom. The zero-order chi connectivity index (χ0) is 21.2. The van der Waals surface area contributed by atoms with E-state index in [0.717, 1.165) is 16.5 Å². The maximum atomic E-state index is 13.1. The Labute approximate surface area is 165 Å². The maximum Gasteiger partial charge on any atom is 0.453 e. The molecule has 29 heavy (non-hydrogen) atoms. The highest BCUT2D eigenvalue weighted by Crippen LogP contribution is 2.28. The lowest BCUT2D eigenvalue weighted by Crippen LogP contribution is -2.08. The molecule has 0 saturated heterocycles. The summed E-state index contributed by atoms with van der Waals surface area (Å²) in [6, 6.07) is 12.3. The molecule has 0 saturated carbocycles. The van der Waals surface area contributed by atoms with Crippen molar-refractivity contribution in [2.24, 2.45) is 0 Å². The van der Waals surface area contributed by atoms with E-state index in [1.165, 1.54) is 37.5 Å². The van der Waals surface area contributed by atoms with Gasteiger partial charge >= 0.3 is 6.18 Å². The van der Waals surface area contributed by atoms with E-state index in [1.807, 2.05) is 0 Å². The average Bonchev–Trinajstić information content (AvgIpc) is 3.11. The molecule has 3 rings (SSSR count). The zero-order valence-electron chi connectivity index (χ0n) is 15.4. The molecule has 0 aliphatic rings. The second-order valence-corrected chi connectivity index (χ2v) is 8.09. The largest absolute Gasteiger partial charge is 0.497 e. The van der Waals surface area contributed by atoms with Gasteiger partial charge in [0.1, 0.15) is 5.75 Å². The van der Waals surface area contributed by atoms with Crippen molar-refractivity contribution in [2.75, 3.05) is 13.4 Å². The van der Waals surface area contributed by atoms with E-state index in [9.17, 15) is 21.6 Å². The van der Waals surface area contributed by atoms with Crippen molar-refractivity contribution in [3.63, 3.8) is 0 Å². The zero-order valence-corrected chi connectivity index (χ0v) is 16.2. The minimum atomic E-state index is -4.72. The highest BCUT2D eigenvalue weighted by Gasteiger charge is 2.37. The molecule has 0 atom stereocenters. The number of ether oxygens (including phenoxy) is 1. The molecule has 0 radical (unpaired) electrons. The van der Waals surface area contributed by atoms with E-state index in [2.05, 4.69) is 10.1 Å². The van der Waals surface area contributed by atoms with Crippen molar-refractivity contribution in [2.45, 2.75) is 11.1 Å². The second-order valence-electron chi connectivity index (χ2n) is 6.08. The smallest absolute Gasteiger partial charge is 0.453 e. The summed E-state index contributed by atoms with van der Waals surface area (Å²) < 4.78 is 68.6. The van der Waals surface area contributed by atoms with Gasteiger partial charge in [-0.05, 0) is 48.0 Å². The van der Waals surface area contributed by atoms with E-state index < -0.39 is 21.8 Å². The monoisotopic (exact) mass is 423 g/mol. The van der Waals surface area contributed by atoms with Crippen LogP contribution in [0.25, 0.3) is 17.8 Å². The molecular formula is C19H16F3N3O3S. The average molecular weight is 423 g/mol. The van der Waals surface area contributed by atoms with Crippen LogP contribution in [0.15, 0.2) is 53.4 Å². The molecule has 0 aliphatic heterocycles. The van der Waals surface area contributed by atoms with Gasteiger partial charge in [0, 0.05) is 6.26 Å². The molecule has 0 amide bonds. The molecule has 0 unspecified atom stereocenters. The lowest BCUT2D eigenvalue weighted by atomic mass is 10.2. The molecule has 152 valence electrons. The van der Waals surface area contributed by atoms with Gasteiger partial charge in [-0.25, -0.2) is 18.1 Å². The van der Waals surface area contributed by atoms with Gasteiger partial charge in [0.15, 0.2) is 15.7 Å². The number of halogens is 3. The molecule has 1 heterocycles. The summed E-state index contributed by atoms with van der Waals surface area (Å²) in [5.41, 5.74) is 0.969. The Morgan fingerprint density at radius 3 is 2.14 bits per heavy atom. The van der Waals surface area contributed by atoms with Crippen LogP contribution in [0.4, 0.5) is 13.2 Å². The van der Waals surface area contributed by atoms with Gasteiger partial charge in [-0.15, -0.1) is 5.10 Å². The lowest BCUT2D eigenvalue weighted by Gasteiger charge is -2.05. The third-order valence-electron chi connectivity index (χ3n) is 3.94. The topological polar surface area (TPSA) is 74.1 Å². The fourth-order valence-corrected chi connectivity index (χ4v) is 3.09. The number of sulfone groups is 1. The Hall–Kier alpha value is -3.14. The Morgan fingerprint density at radius 1 is 1.00 bits per heavy atom. The maximum absolute atomic E-state index is 13.1. The van der Waals surface area contributed by atoms with E-state index in [4.69, 9.17) is 4.74 Å². The first-order valence-electron chi connectivity index (χ1n) is 8.25. The van der Waals surface area contributed by atoms with Gasteiger partial charge in [-0.1, -0.05) is 18.2 Å². The first-order chi connectivity index (χ1) is 13.6. The van der Waals surface area contributed by atoms with Crippen molar-refractivity contribution in [3.05, 3.63) is 65.7 Å². The Balaban J connectivity index is 2.01. The molecule has 0 fully saturated rings.